The van der Waals surface area contributed by atoms with Crippen LogP contribution in [0.3, 0.4) is 0 Å². The fourth-order valence-corrected chi connectivity index (χ4v) is 0. The maximum absolute atomic E-state index is 8.68. The van der Waals surface area contributed by atoms with Gasteiger partial charge in [0.2, 0.25) is 0 Å². The van der Waals surface area contributed by atoms with Crippen LogP contribution in [0.4, 0.5) is 0 Å². The maximum Gasteiger partial charge on any atom is 0 e. The van der Waals surface area contributed by atoms with E-state index in [0.717, 1.165) is 0 Å². The van der Waals surface area contributed by atoms with E-state index in [1.165, 1.54) is 13.2 Å². The van der Waals surface area contributed by atoms with E-state index in [-0.39, 0.29) is 44.1 Å². The Kier molecular flexibility index (Phi) is 19.9. The Bertz CT molecular complexity index is 13.5. The van der Waals surface area contributed by atoms with E-state index in [1.54, 1.807) is 0 Å². The fraction of sp³-hybridized carbons (Fsp3) is 0.500. The van der Waals surface area contributed by atoms with Crippen LogP contribution in [0.1, 0.15) is 6.92 Å². The molecule has 0 aliphatic carbocycles. The molecule has 0 bridgehead atoms. The SMILES string of the molecule is C[C-]=O.[Ac]. The predicted molar refractivity (Wildman–Crippen MR) is 11.4 cm³/mol. The van der Waals surface area contributed by atoms with Crippen molar-refractivity contribution in [1.29, 1.82) is 0 Å². The Labute approximate surface area is 61.3 Å². The first-order valence-electron chi connectivity index (χ1n) is 0.704. The van der Waals surface area contributed by atoms with Crippen LogP contribution in [-0.2, 0) is 4.79 Å². The van der Waals surface area contributed by atoms with E-state index in [2.05, 4.69) is 0 Å². The largest absolute Gasteiger partial charge is 0.542 e. The van der Waals surface area contributed by atoms with Crippen molar-refractivity contribution in [2.45, 2.75) is 6.92 Å². The maximum atomic E-state index is 8.68. The first-order chi connectivity index (χ1) is 1.41. The molecule has 21 valence electrons. The van der Waals surface area contributed by atoms with Gasteiger partial charge in [-0.3, -0.25) is 6.29 Å². The molecule has 0 aromatic heterocycles. The van der Waals surface area contributed by atoms with Crippen molar-refractivity contribution in [3.05, 3.63) is 0 Å². The van der Waals surface area contributed by atoms with Crippen LogP contribution >= 0.6 is 0 Å². The summed E-state index contributed by atoms with van der Waals surface area (Å²) in [5, 5.41) is 0. The molecule has 1 nitrogen and oxygen atoms in total. The molecule has 0 atom stereocenters. The smallest absolute Gasteiger partial charge is 0 e. The molecule has 0 saturated carbocycles. The molecule has 4 heavy (non-hydrogen) atoms. The second kappa shape index (κ2) is 8.93. The van der Waals surface area contributed by atoms with Gasteiger partial charge in [0.25, 0.3) is 0 Å². The molecule has 0 rings (SSSR count). The molecule has 0 aliphatic rings. The molecule has 0 aromatic rings. The van der Waals surface area contributed by atoms with Crippen molar-refractivity contribution in [2.75, 3.05) is 0 Å². The first kappa shape index (κ1) is 8.93. The predicted octanol–water partition coefficient (Wildman–Crippen LogP) is 0.116. The minimum absolute atomic E-state index is 0. The average molecular weight is 270 g/mol. The quantitative estimate of drug-likeness (QED) is 0.571. The fourth-order valence-electron chi connectivity index (χ4n) is 0. The van der Waals surface area contributed by atoms with Gasteiger partial charge < -0.3 is 4.79 Å². The van der Waals surface area contributed by atoms with E-state index >= 15 is 0 Å². The van der Waals surface area contributed by atoms with Gasteiger partial charge in [0, 0.05) is 44.1 Å². The Morgan fingerprint density at radius 1 is 1.75 bits per heavy atom. The van der Waals surface area contributed by atoms with Crippen LogP contribution < -0.4 is 0 Å². The number of carbonyl (C=O) groups excluding carboxylic acids is 1. The zero-order valence-electron chi connectivity index (χ0n) is 2.49. The van der Waals surface area contributed by atoms with Gasteiger partial charge in [-0.1, -0.05) is 0 Å². The zero-order valence-corrected chi connectivity index (χ0v) is 7.23. The van der Waals surface area contributed by atoms with Crippen molar-refractivity contribution in [1.82, 2.24) is 0 Å². The van der Waals surface area contributed by atoms with Gasteiger partial charge in [-0.25, -0.2) is 0 Å². The van der Waals surface area contributed by atoms with Crippen molar-refractivity contribution in [2.24, 2.45) is 0 Å². The third-order valence-electron chi connectivity index (χ3n) is 0. The zero-order chi connectivity index (χ0) is 2.71. The van der Waals surface area contributed by atoms with Crippen molar-refractivity contribution >= 4 is 6.29 Å². The molecule has 0 aliphatic heterocycles. The Morgan fingerprint density at radius 3 is 1.75 bits per heavy atom. The van der Waals surface area contributed by atoms with E-state index in [0.29, 0.717) is 0 Å². The molecular weight excluding hydrogens is 267 g/mol. The minimum atomic E-state index is 0. The standard InChI is InChI=1S/C2H3O.Ac/c1-2-3;/h1H3;/q-1;. The van der Waals surface area contributed by atoms with Crippen LogP contribution in [0.15, 0.2) is 0 Å². The Hall–Kier alpha value is 1.11. The Morgan fingerprint density at radius 2 is 1.75 bits per heavy atom. The molecule has 1 radical (unpaired) electrons. The Balaban J connectivity index is 0. The van der Waals surface area contributed by atoms with Gasteiger partial charge in [0.15, 0.2) is 0 Å². The van der Waals surface area contributed by atoms with Crippen molar-refractivity contribution in [3.63, 3.8) is 0 Å². The summed E-state index contributed by atoms with van der Waals surface area (Å²) in [5.41, 5.74) is 0. The minimum Gasteiger partial charge on any atom is -0.542 e. The number of rotatable bonds is 0. The van der Waals surface area contributed by atoms with Crippen LogP contribution in [0, 0.1) is 44.1 Å². The topological polar surface area (TPSA) is 17.1 Å². The average Bonchev–Trinajstić information content (AvgIpc) is 0.918. The number of hydrogen-bond donors (Lipinski definition) is 0. The van der Waals surface area contributed by atoms with Gasteiger partial charge in [-0.15, -0.1) is 0 Å². The summed E-state index contributed by atoms with van der Waals surface area (Å²) in [6.07, 6.45) is 1.50. The van der Waals surface area contributed by atoms with Gasteiger partial charge in [0.05, 0.1) is 0 Å². The van der Waals surface area contributed by atoms with Crippen LogP contribution in [0.2, 0.25) is 0 Å². The van der Waals surface area contributed by atoms with Crippen molar-refractivity contribution in [3.8, 4) is 0 Å². The van der Waals surface area contributed by atoms with Crippen molar-refractivity contribution < 1.29 is 48.9 Å². The van der Waals surface area contributed by atoms with Crippen LogP contribution in [0.5, 0.6) is 0 Å². The van der Waals surface area contributed by atoms with Gasteiger partial charge in [-0.05, 0) is 0 Å². The van der Waals surface area contributed by atoms with E-state index in [4.69, 9.17) is 4.79 Å². The monoisotopic (exact) mass is 270 g/mol. The van der Waals surface area contributed by atoms with Gasteiger partial charge in [-0.2, -0.15) is 6.92 Å². The summed E-state index contributed by atoms with van der Waals surface area (Å²) < 4.78 is 0. The summed E-state index contributed by atoms with van der Waals surface area (Å²) in [6.45, 7) is 1.32. The van der Waals surface area contributed by atoms with Gasteiger partial charge >= 0.3 is 0 Å². The molecule has 0 fully saturated rings. The summed E-state index contributed by atoms with van der Waals surface area (Å²) in [6, 6.07) is 0. The molecular formula is C2H3AcO-. The van der Waals surface area contributed by atoms with Crippen LogP contribution in [-0.4, -0.2) is 6.29 Å². The molecule has 0 amide bonds. The first-order valence-corrected chi connectivity index (χ1v) is 0.704. The molecule has 2 heteroatoms. The molecule has 0 spiro atoms. The van der Waals surface area contributed by atoms with Gasteiger partial charge in [0.1, 0.15) is 0 Å². The van der Waals surface area contributed by atoms with E-state index in [9.17, 15) is 0 Å². The molecule has 0 saturated heterocycles. The summed E-state index contributed by atoms with van der Waals surface area (Å²) in [7, 11) is 0. The number of hydrogen-bond acceptors (Lipinski definition) is 1. The normalized spacial score (nSPS) is 3.25. The second-order valence-electron chi connectivity index (χ2n) is 0.204. The van der Waals surface area contributed by atoms with E-state index in [1.807, 2.05) is 0 Å². The molecule has 0 aromatic carbocycles. The molecule has 0 N–H and O–H groups in total. The second-order valence-corrected chi connectivity index (χ2v) is 0.204. The summed E-state index contributed by atoms with van der Waals surface area (Å²) in [5.74, 6) is 0. The van der Waals surface area contributed by atoms with E-state index < -0.39 is 0 Å². The third-order valence-corrected chi connectivity index (χ3v) is 0. The van der Waals surface area contributed by atoms with Crippen LogP contribution in [0.25, 0.3) is 0 Å². The molecule has 0 unspecified atom stereocenters. The summed E-state index contributed by atoms with van der Waals surface area (Å²) >= 11 is 0. The molecule has 0 heterocycles. The summed E-state index contributed by atoms with van der Waals surface area (Å²) in [4.78, 5) is 8.68. The third kappa shape index (κ3) is 11.2.